The number of sulfonamides is 1. The number of nitrogens with one attached hydrogen (secondary N) is 1. The summed E-state index contributed by atoms with van der Waals surface area (Å²) in [5.41, 5.74) is 3.64. The van der Waals surface area contributed by atoms with Crippen LogP contribution in [0.4, 0.5) is 4.39 Å². The van der Waals surface area contributed by atoms with Crippen molar-refractivity contribution in [2.75, 3.05) is 6.54 Å². The van der Waals surface area contributed by atoms with E-state index in [0.717, 1.165) is 22.3 Å². The largest absolute Gasteiger partial charge is 0.346 e. The second-order valence-corrected chi connectivity index (χ2v) is 9.87. The minimum atomic E-state index is -3.88. The summed E-state index contributed by atoms with van der Waals surface area (Å²) in [6, 6.07) is 11.3. The van der Waals surface area contributed by atoms with Crippen LogP contribution in [-0.2, 0) is 16.6 Å². The van der Waals surface area contributed by atoms with Gasteiger partial charge in [-0.25, -0.2) is 17.8 Å². The summed E-state index contributed by atoms with van der Waals surface area (Å²) >= 11 is 0. The Bertz CT molecular complexity index is 1330. The lowest BCUT2D eigenvalue weighted by Gasteiger charge is -2.21. The van der Waals surface area contributed by atoms with Gasteiger partial charge in [0, 0.05) is 37.1 Å². The summed E-state index contributed by atoms with van der Waals surface area (Å²) in [5.74, 6) is -0.588. The van der Waals surface area contributed by atoms with Crippen molar-refractivity contribution in [3.63, 3.8) is 0 Å². The van der Waals surface area contributed by atoms with Crippen molar-refractivity contribution < 1.29 is 12.8 Å². The number of benzene rings is 1. The van der Waals surface area contributed by atoms with Crippen molar-refractivity contribution in [1.82, 2.24) is 24.1 Å². The lowest BCUT2D eigenvalue weighted by atomic mass is 10.1. The molecular weight excluding hydrogens is 417 g/mol. The van der Waals surface area contributed by atoms with Gasteiger partial charge in [-0.05, 0) is 49.6 Å². The molecule has 9 heteroatoms. The van der Waals surface area contributed by atoms with Crippen molar-refractivity contribution in [2.24, 2.45) is 5.92 Å². The number of rotatable bonds is 5. The maximum Gasteiger partial charge on any atom is 0.246 e. The quantitative estimate of drug-likeness (QED) is 0.514. The van der Waals surface area contributed by atoms with Gasteiger partial charge in [0.25, 0.3) is 0 Å². The number of fused-ring (bicyclic) bond motifs is 1. The van der Waals surface area contributed by atoms with E-state index in [1.807, 2.05) is 31.3 Å². The standard InChI is InChI=1S/C22H22FN5O2S/c1-15-10-16(14-28(15)31(29,30)22-5-3-2-4-18(22)23)13-27-9-8-20-21(27)7-6-19(26-20)17-11-24-25-12-17/h2-9,11-12,15-16H,10,13-14H2,1H3,(H,24,25)/t15-,16-/m1/s1. The molecule has 0 bridgehead atoms. The first kappa shape index (κ1) is 19.9. The highest BCUT2D eigenvalue weighted by atomic mass is 32.2. The molecule has 0 radical (unpaired) electrons. The Kier molecular flexibility index (Phi) is 4.86. The van der Waals surface area contributed by atoms with Gasteiger partial charge >= 0.3 is 0 Å². The van der Waals surface area contributed by atoms with Gasteiger partial charge in [-0.3, -0.25) is 5.10 Å². The van der Waals surface area contributed by atoms with E-state index in [1.165, 1.54) is 22.5 Å². The number of nitrogens with zero attached hydrogens (tertiary/aromatic N) is 4. The molecule has 2 atom stereocenters. The zero-order chi connectivity index (χ0) is 21.6. The molecule has 1 saturated heterocycles. The van der Waals surface area contributed by atoms with Crippen molar-refractivity contribution in [1.29, 1.82) is 0 Å². The Morgan fingerprint density at radius 3 is 2.81 bits per heavy atom. The van der Waals surface area contributed by atoms with E-state index in [-0.39, 0.29) is 16.9 Å². The molecule has 1 aliphatic rings. The number of aromatic amines is 1. The van der Waals surface area contributed by atoms with Crippen LogP contribution in [0.15, 0.2) is 66.0 Å². The summed E-state index contributed by atoms with van der Waals surface area (Å²) in [5, 5.41) is 6.76. The molecule has 4 heterocycles. The summed E-state index contributed by atoms with van der Waals surface area (Å²) in [6.45, 7) is 2.91. The monoisotopic (exact) mass is 439 g/mol. The highest BCUT2D eigenvalue weighted by molar-refractivity contribution is 7.89. The molecule has 7 nitrogen and oxygen atoms in total. The number of aromatic nitrogens is 4. The van der Waals surface area contributed by atoms with Crippen LogP contribution in [0.5, 0.6) is 0 Å². The summed E-state index contributed by atoms with van der Waals surface area (Å²) in [6.07, 6.45) is 6.23. The van der Waals surface area contributed by atoms with E-state index in [1.54, 1.807) is 18.5 Å². The third-order valence-electron chi connectivity index (χ3n) is 5.90. The van der Waals surface area contributed by atoms with Gasteiger partial charge in [-0.1, -0.05) is 12.1 Å². The van der Waals surface area contributed by atoms with E-state index < -0.39 is 15.8 Å². The lowest BCUT2D eigenvalue weighted by molar-refractivity contribution is 0.396. The average Bonchev–Trinajstić information content (AvgIpc) is 3.49. The normalized spacial score (nSPS) is 19.9. The highest BCUT2D eigenvalue weighted by Gasteiger charge is 2.39. The second-order valence-electron chi connectivity index (χ2n) is 8.01. The minimum Gasteiger partial charge on any atom is -0.346 e. The van der Waals surface area contributed by atoms with Gasteiger partial charge in [-0.15, -0.1) is 0 Å². The predicted molar refractivity (Wildman–Crippen MR) is 115 cm³/mol. The molecule has 0 aliphatic carbocycles. The maximum atomic E-state index is 14.2. The van der Waals surface area contributed by atoms with Crippen LogP contribution in [0, 0.1) is 11.7 Å². The van der Waals surface area contributed by atoms with Gasteiger partial charge in [0.15, 0.2) is 0 Å². The Labute approximate surface area is 179 Å². The molecule has 0 saturated carbocycles. The highest BCUT2D eigenvalue weighted by Crippen LogP contribution is 2.32. The molecule has 1 aliphatic heterocycles. The SMILES string of the molecule is C[C@@H]1C[C@H](Cn2ccc3nc(-c4cn[nH]c4)ccc32)CN1S(=O)(=O)c1ccccc1F. The number of hydrogen-bond donors (Lipinski definition) is 1. The molecule has 0 amide bonds. The molecule has 4 aromatic rings. The first-order valence-corrected chi connectivity index (χ1v) is 11.6. The first-order chi connectivity index (χ1) is 14.9. The van der Waals surface area contributed by atoms with Gasteiger partial charge in [-0.2, -0.15) is 9.40 Å². The van der Waals surface area contributed by atoms with Crippen LogP contribution < -0.4 is 0 Å². The molecule has 160 valence electrons. The van der Waals surface area contributed by atoms with Crippen LogP contribution in [0.25, 0.3) is 22.3 Å². The number of halogens is 1. The van der Waals surface area contributed by atoms with E-state index in [4.69, 9.17) is 4.98 Å². The van der Waals surface area contributed by atoms with Gasteiger partial charge < -0.3 is 4.57 Å². The molecule has 1 N–H and O–H groups in total. The Balaban J connectivity index is 1.37. The van der Waals surface area contributed by atoms with E-state index in [2.05, 4.69) is 14.8 Å². The molecule has 1 fully saturated rings. The van der Waals surface area contributed by atoms with Crippen LogP contribution in [0.3, 0.4) is 0 Å². The zero-order valence-corrected chi connectivity index (χ0v) is 17.8. The predicted octanol–water partition coefficient (Wildman–Crippen LogP) is 3.66. The van der Waals surface area contributed by atoms with Crippen molar-refractivity contribution in [2.45, 2.75) is 30.8 Å². The smallest absolute Gasteiger partial charge is 0.246 e. The number of pyridine rings is 1. The van der Waals surface area contributed by atoms with Crippen molar-refractivity contribution in [3.05, 3.63) is 66.9 Å². The molecule has 1 aromatic carbocycles. The van der Waals surface area contributed by atoms with Crippen LogP contribution in [-0.4, -0.2) is 45.1 Å². The van der Waals surface area contributed by atoms with Crippen LogP contribution in [0.2, 0.25) is 0 Å². The molecule has 0 unspecified atom stereocenters. The Morgan fingerprint density at radius 1 is 1.19 bits per heavy atom. The average molecular weight is 440 g/mol. The van der Waals surface area contributed by atoms with E-state index in [0.29, 0.717) is 19.5 Å². The fraction of sp³-hybridized carbons (Fsp3) is 0.273. The van der Waals surface area contributed by atoms with Crippen LogP contribution in [0.1, 0.15) is 13.3 Å². The van der Waals surface area contributed by atoms with E-state index in [9.17, 15) is 12.8 Å². The third kappa shape index (κ3) is 3.53. The maximum absolute atomic E-state index is 14.2. The fourth-order valence-electron chi connectivity index (χ4n) is 4.42. The Hall–Kier alpha value is -3.04. The molecule has 31 heavy (non-hydrogen) atoms. The van der Waals surface area contributed by atoms with E-state index >= 15 is 0 Å². The lowest BCUT2D eigenvalue weighted by Crippen LogP contribution is -2.34. The summed E-state index contributed by atoms with van der Waals surface area (Å²) in [4.78, 5) is 4.44. The van der Waals surface area contributed by atoms with Gasteiger partial charge in [0.1, 0.15) is 10.7 Å². The van der Waals surface area contributed by atoms with Crippen LogP contribution >= 0.6 is 0 Å². The third-order valence-corrected chi connectivity index (χ3v) is 7.91. The minimum absolute atomic E-state index is 0.126. The second kappa shape index (κ2) is 7.58. The number of hydrogen-bond acceptors (Lipinski definition) is 4. The Morgan fingerprint density at radius 2 is 2.03 bits per heavy atom. The zero-order valence-electron chi connectivity index (χ0n) is 16.9. The van der Waals surface area contributed by atoms with Crippen molar-refractivity contribution in [3.8, 4) is 11.3 Å². The molecule has 3 aromatic heterocycles. The van der Waals surface area contributed by atoms with Crippen molar-refractivity contribution >= 4 is 21.1 Å². The van der Waals surface area contributed by atoms with Gasteiger partial charge in [0.05, 0.1) is 22.9 Å². The first-order valence-electron chi connectivity index (χ1n) is 10.1. The fourth-order valence-corrected chi connectivity index (χ4v) is 6.20. The molecule has 0 spiro atoms. The topological polar surface area (TPSA) is 83.9 Å². The molecular formula is C22H22FN5O2S. The van der Waals surface area contributed by atoms with Gasteiger partial charge in [0.2, 0.25) is 10.0 Å². The number of H-pyrrole nitrogens is 1. The summed E-state index contributed by atoms with van der Waals surface area (Å²) < 4.78 is 43.8. The summed E-state index contributed by atoms with van der Waals surface area (Å²) in [7, 11) is -3.88. The molecule has 5 rings (SSSR count).